The maximum Gasteiger partial charge on any atom is 0.317 e. The molecule has 4 N–H and O–H groups in total. The van der Waals surface area contributed by atoms with E-state index in [0.717, 1.165) is 12.2 Å². The molecule has 0 radical (unpaired) electrons. The second-order valence-corrected chi connectivity index (χ2v) is 5.04. The number of carbonyl (C=O) groups excluding carboxylic acids is 1. The van der Waals surface area contributed by atoms with E-state index in [1.54, 1.807) is 16.7 Å². The average Bonchev–Trinajstić information content (AvgIpc) is 2.29. The number of hydrogen-bond donors (Lipinski definition) is 3. The summed E-state index contributed by atoms with van der Waals surface area (Å²) in [6.45, 7) is 1.69. The van der Waals surface area contributed by atoms with Gasteiger partial charge in [-0.05, 0) is 13.0 Å². The van der Waals surface area contributed by atoms with Gasteiger partial charge in [-0.15, -0.1) is 0 Å². The number of amides is 2. The minimum Gasteiger partial charge on any atom is -0.481 e. The number of hydrogen-bond acceptors (Lipinski definition) is 4. The Morgan fingerprint density at radius 2 is 2.29 bits per heavy atom. The van der Waals surface area contributed by atoms with Gasteiger partial charge in [0.25, 0.3) is 0 Å². The van der Waals surface area contributed by atoms with E-state index in [9.17, 15) is 9.59 Å². The van der Waals surface area contributed by atoms with E-state index >= 15 is 0 Å². The Kier molecular flexibility index (Phi) is 6.13. The summed E-state index contributed by atoms with van der Waals surface area (Å²) >= 11 is 1.69. The fraction of sp³-hybridized carbons (Fsp3) is 0.800. The first-order valence-electron chi connectivity index (χ1n) is 5.69. The standard InChI is InChI=1S/C10H19N3O3S/c11-2-1-3-12-10(16)13-4-5-17-7-8(13)6-9(14)15/h8H,1-7,11H2,(H,12,16)(H,14,15). The number of urea groups is 1. The highest BCUT2D eigenvalue weighted by Crippen LogP contribution is 2.18. The molecule has 0 aromatic heterocycles. The smallest absolute Gasteiger partial charge is 0.317 e. The van der Waals surface area contributed by atoms with Gasteiger partial charge in [0.05, 0.1) is 12.5 Å². The molecule has 1 rings (SSSR count). The molecule has 0 bridgehead atoms. The van der Waals surface area contributed by atoms with Crippen molar-refractivity contribution in [2.45, 2.75) is 18.9 Å². The summed E-state index contributed by atoms with van der Waals surface area (Å²) in [5.74, 6) is 0.689. The summed E-state index contributed by atoms with van der Waals surface area (Å²) in [5.41, 5.74) is 5.34. The molecule has 98 valence electrons. The van der Waals surface area contributed by atoms with Crippen LogP contribution in [0.15, 0.2) is 0 Å². The van der Waals surface area contributed by atoms with Gasteiger partial charge in [0.15, 0.2) is 0 Å². The zero-order valence-corrected chi connectivity index (χ0v) is 10.5. The number of nitrogens with zero attached hydrogens (tertiary/aromatic N) is 1. The lowest BCUT2D eigenvalue weighted by Gasteiger charge is -2.34. The van der Waals surface area contributed by atoms with Crippen molar-refractivity contribution in [3.63, 3.8) is 0 Å². The van der Waals surface area contributed by atoms with E-state index in [1.165, 1.54) is 0 Å². The number of nitrogens with one attached hydrogen (secondary N) is 1. The number of carboxylic acids is 1. The summed E-state index contributed by atoms with van der Waals surface area (Å²) in [7, 11) is 0. The quantitative estimate of drug-likeness (QED) is 0.602. The summed E-state index contributed by atoms with van der Waals surface area (Å²) in [5, 5.41) is 11.6. The highest BCUT2D eigenvalue weighted by Gasteiger charge is 2.28. The average molecular weight is 261 g/mol. The molecule has 1 saturated heterocycles. The summed E-state index contributed by atoms with van der Waals surface area (Å²) in [4.78, 5) is 24.2. The molecule has 1 unspecified atom stereocenters. The second kappa shape index (κ2) is 7.39. The monoisotopic (exact) mass is 261 g/mol. The Morgan fingerprint density at radius 3 is 2.94 bits per heavy atom. The number of aliphatic carboxylic acids is 1. The first-order valence-corrected chi connectivity index (χ1v) is 6.84. The van der Waals surface area contributed by atoms with Gasteiger partial charge in [-0.1, -0.05) is 0 Å². The van der Waals surface area contributed by atoms with Crippen molar-refractivity contribution in [3.8, 4) is 0 Å². The van der Waals surface area contributed by atoms with Gasteiger partial charge in [0.2, 0.25) is 0 Å². The molecular weight excluding hydrogens is 242 g/mol. The van der Waals surface area contributed by atoms with Crippen molar-refractivity contribution in [1.29, 1.82) is 0 Å². The van der Waals surface area contributed by atoms with Crippen LogP contribution in [0.25, 0.3) is 0 Å². The maximum absolute atomic E-state index is 11.8. The lowest BCUT2D eigenvalue weighted by atomic mass is 10.2. The summed E-state index contributed by atoms with van der Waals surface area (Å²) in [6, 6.07) is -0.380. The Morgan fingerprint density at radius 1 is 1.53 bits per heavy atom. The zero-order chi connectivity index (χ0) is 12.7. The predicted octanol–water partition coefficient (Wildman–Crippen LogP) is -0.0631. The van der Waals surface area contributed by atoms with Crippen molar-refractivity contribution in [2.24, 2.45) is 5.73 Å². The molecule has 0 aromatic rings. The van der Waals surface area contributed by atoms with Crippen molar-refractivity contribution in [3.05, 3.63) is 0 Å². The van der Waals surface area contributed by atoms with Crippen molar-refractivity contribution in [1.82, 2.24) is 10.2 Å². The second-order valence-electron chi connectivity index (χ2n) is 3.89. The molecule has 0 spiro atoms. The van der Waals surface area contributed by atoms with Crippen LogP contribution in [0.3, 0.4) is 0 Å². The van der Waals surface area contributed by atoms with Crippen LogP contribution in [0, 0.1) is 0 Å². The normalized spacial score (nSPS) is 20.1. The van der Waals surface area contributed by atoms with Crippen molar-refractivity contribution >= 4 is 23.8 Å². The van der Waals surface area contributed by atoms with E-state index in [-0.39, 0.29) is 18.5 Å². The van der Waals surface area contributed by atoms with Gasteiger partial charge >= 0.3 is 12.0 Å². The van der Waals surface area contributed by atoms with E-state index in [4.69, 9.17) is 10.8 Å². The van der Waals surface area contributed by atoms with Crippen LogP contribution in [-0.2, 0) is 4.79 Å². The topological polar surface area (TPSA) is 95.7 Å². The lowest BCUT2D eigenvalue weighted by Crippen LogP contribution is -2.51. The summed E-state index contributed by atoms with van der Waals surface area (Å²) in [6.07, 6.45) is 0.745. The minimum atomic E-state index is -0.864. The van der Waals surface area contributed by atoms with Gasteiger partial charge < -0.3 is 21.1 Å². The highest BCUT2D eigenvalue weighted by atomic mass is 32.2. The third-order valence-electron chi connectivity index (χ3n) is 2.56. The molecule has 1 aliphatic rings. The molecular formula is C10H19N3O3S. The summed E-state index contributed by atoms with van der Waals surface area (Å²) < 4.78 is 0. The van der Waals surface area contributed by atoms with Crippen LogP contribution in [0.5, 0.6) is 0 Å². The van der Waals surface area contributed by atoms with Crippen LogP contribution in [0.1, 0.15) is 12.8 Å². The number of carboxylic acid groups (broad SMARTS) is 1. The third kappa shape index (κ3) is 4.82. The van der Waals surface area contributed by atoms with E-state index in [2.05, 4.69) is 5.32 Å². The Balaban J connectivity index is 2.45. The van der Waals surface area contributed by atoms with E-state index < -0.39 is 5.97 Å². The zero-order valence-electron chi connectivity index (χ0n) is 9.72. The Bertz CT molecular complexity index is 276. The Hall–Kier alpha value is -0.950. The largest absolute Gasteiger partial charge is 0.481 e. The van der Waals surface area contributed by atoms with Gasteiger partial charge in [-0.2, -0.15) is 11.8 Å². The molecule has 1 heterocycles. The van der Waals surface area contributed by atoms with Crippen molar-refractivity contribution in [2.75, 3.05) is 31.1 Å². The molecule has 1 aliphatic heterocycles. The van der Waals surface area contributed by atoms with Gasteiger partial charge in [-0.3, -0.25) is 4.79 Å². The SMILES string of the molecule is NCCCNC(=O)N1CCSCC1CC(=O)O. The number of thioether (sulfide) groups is 1. The Labute approximate surface area is 105 Å². The molecule has 0 aliphatic carbocycles. The molecule has 1 atom stereocenters. The molecule has 1 fully saturated rings. The number of rotatable bonds is 5. The van der Waals surface area contributed by atoms with Crippen LogP contribution >= 0.6 is 11.8 Å². The first-order chi connectivity index (χ1) is 8.15. The fourth-order valence-electron chi connectivity index (χ4n) is 1.69. The highest BCUT2D eigenvalue weighted by molar-refractivity contribution is 7.99. The molecule has 0 saturated carbocycles. The van der Waals surface area contributed by atoms with Gasteiger partial charge in [0, 0.05) is 24.6 Å². The van der Waals surface area contributed by atoms with Crippen LogP contribution in [0.4, 0.5) is 4.79 Å². The van der Waals surface area contributed by atoms with Gasteiger partial charge in [0.1, 0.15) is 0 Å². The van der Waals surface area contributed by atoms with E-state index in [0.29, 0.717) is 25.4 Å². The molecule has 17 heavy (non-hydrogen) atoms. The van der Waals surface area contributed by atoms with Crippen LogP contribution < -0.4 is 11.1 Å². The van der Waals surface area contributed by atoms with Gasteiger partial charge in [-0.25, -0.2) is 4.79 Å². The molecule has 0 aromatic carbocycles. The molecule has 2 amide bonds. The minimum absolute atomic E-state index is 0.0112. The first kappa shape index (κ1) is 14.1. The van der Waals surface area contributed by atoms with E-state index in [1.807, 2.05) is 0 Å². The predicted molar refractivity (Wildman–Crippen MR) is 67.1 cm³/mol. The van der Waals surface area contributed by atoms with Crippen LogP contribution in [0.2, 0.25) is 0 Å². The third-order valence-corrected chi connectivity index (χ3v) is 3.65. The maximum atomic E-state index is 11.8. The molecule has 7 heteroatoms. The fourth-order valence-corrected chi connectivity index (χ4v) is 2.75. The lowest BCUT2D eigenvalue weighted by molar-refractivity contribution is -0.137. The number of nitrogens with two attached hydrogens (primary N) is 1. The molecule has 6 nitrogen and oxygen atoms in total. The van der Waals surface area contributed by atoms with Crippen LogP contribution in [-0.4, -0.2) is 59.2 Å². The van der Waals surface area contributed by atoms with Crippen molar-refractivity contribution < 1.29 is 14.7 Å². The number of carbonyl (C=O) groups is 2.